The van der Waals surface area contributed by atoms with Crippen molar-refractivity contribution in [3.8, 4) is 5.75 Å². The number of alkyl halides is 1. The lowest BCUT2D eigenvalue weighted by atomic mass is 10.1. The van der Waals surface area contributed by atoms with Crippen LogP contribution in [0.3, 0.4) is 0 Å². The zero-order valence-corrected chi connectivity index (χ0v) is 9.10. The summed E-state index contributed by atoms with van der Waals surface area (Å²) in [5.74, 6) is 0.953. The van der Waals surface area contributed by atoms with Gasteiger partial charge in [-0.15, -0.1) is 11.6 Å². The maximum atomic E-state index is 11.1. The molecule has 76 valence electrons. The van der Waals surface area contributed by atoms with Crippen molar-refractivity contribution < 1.29 is 9.53 Å². The molecule has 2 nitrogen and oxygen atoms in total. The quantitative estimate of drug-likeness (QED) is 0.717. The molecule has 0 atom stereocenters. The first kappa shape index (κ1) is 11.1. The van der Waals surface area contributed by atoms with Crippen LogP contribution in [0.5, 0.6) is 5.75 Å². The van der Waals surface area contributed by atoms with Gasteiger partial charge in [-0.2, -0.15) is 0 Å². The minimum atomic E-state index is 0.0382. The minimum absolute atomic E-state index is 0.0382. The summed E-state index contributed by atoms with van der Waals surface area (Å²) < 4.78 is 5.12. The van der Waals surface area contributed by atoms with Gasteiger partial charge in [0.25, 0.3) is 0 Å². The van der Waals surface area contributed by atoms with E-state index in [1.165, 1.54) is 0 Å². The monoisotopic (exact) mass is 212 g/mol. The van der Waals surface area contributed by atoms with Gasteiger partial charge in [-0.1, -0.05) is 12.1 Å². The zero-order valence-electron chi connectivity index (χ0n) is 8.34. The van der Waals surface area contributed by atoms with E-state index in [-0.39, 0.29) is 11.7 Å². The summed E-state index contributed by atoms with van der Waals surface area (Å²) >= 11 is 5.43. The van der Waals surface area contributed by atoms with Gasteiger partial charge in [-0.3, -0.25) is 4.79 Å². The molecule has 0 N–H and O–H groups in total. The molecular formula is C11H13ClO2. The third kappa shape index (κ3) is 2.74. The number of hydrogen-bond donors (Lipinski definition) is 0. The van der Waals surface area contributed by atoms with Crippen molar-refractivity contribution in [3.63, 3.8) is 0 Å². The average molecular weight is 213 g/mol. The van der Waals surface area contributed by atoms with Gasteiger partial charge in [0.15, 0.2) is 5.78 Å². The maximum absolute atomic E-state index is 11.1. The topological polar surface area (TPSA) is 26.3 Å². The van der Waals surface area contributed by atoms with Crippen LogP contribution in [-0.4, -0.2) is 18.8 Å². The summed E-state index contributed by atoms with van der Waals surface area (Å²) in [6.07, 6.45) is 0.397. The van der Waals surface area contributed by atoms with Crippen LogP contribution in [0, 0.1) is 6.92 Å². The van der Waals surface area contributed by atoms with Crippen LogP contribution >= 0.6 is 11.6 Å². The number of benzene rings is 1. The summed E-state index contributed by atoms with van der Waals surface area (Å²) in [4.78, 5) is 11.1. The van der Waals surface area contributed by atoms with E-state index in [1.54, 1.807) is 7.11 Å². The number of ether oxygens (including phenoxy) is 1. The molecule has 1 rings (SSSR count). The minimum Gasteiger partial charge on any atom is -0.496 e. The van der Waals surface area contributed by atoms with Crippen molar-refractivity contribution >= 4 is 17.4 Å². The van der Waals surface area contributed by atoms with Crippen LogP contribution < -0.4 is 4.74 Å². The van der Waals surface area contributed by atoms with Gasteiger partial charge < -0.3 is 4.74 Å². The normalized spacial score (nSPS) is 9.93. The summed E-state index contributed by atoms with van der Waals surface area (Å²) in [6.45, 7) is 1.95. The molecule has 0 fully saturated rings. The van der Waals surface area contributed by atoms with Crippen molar-refractivity contribution in [1.29, 1.82) is 0 Å². The number of hydrogen-bond acceptors (Lipinski definition) is 2. The lowest BCUT2D eigenvalue weighted by Crippen LogP contribution is -2.04. The SMILES string of the molecule is COc1ccc(CC(=O)CCl)cc1C. The predicted octanol–water partition coefficient (Wildman–Crippen LogP) is 2.35. The maximum Gasteiger partial charge on any atom is 0.151 e. The van der Waals surface area contributed by atoms with Gasteiger partial charge in [0.2, 0.25) is 0 Å². The molecule has 0 saturated heterocycles. The van der Waals surface area contributed by atoms with Gasteiger partial charge >= 0.3 is 0 Å². The second-order valence-corrected chi connectivity index (χ2v) is 3.42. The highest BCUT2D eigenvalue weighted by atomic mass is 35.5. The summed E-state index contributed by atoms with van der Waals surface area (Å²) in [5.41, 5.74) is 2.02. The van der Waals surface area contributed by atoms with Crippen LogP contribution in [-0.2, 0) is 11.2 Å². The Bertz CT molecular complexity index is 334. The number of aryl methyl sites for hydroxylation is 1. The van der Waals surface area contributed by atoms with E-state index in [1.807, 2.05) is 25.1 Å². The van der Waals surface area contributed by atoms with Gasteiger partial charge in [-0.25, -0.2) is 0 Å². The molecule has 0 aliphatic heterocycles. The molecule has 0 unspecified atom stereocenters. The molecule has 0 aromatic heterocycles. The fraction of sp³-hybridized carbons (Fsp3) is 0.364. The fourth-order valence-electron chi connectivity index (χ4n) is 1.33. The highest BCUT2D eigenvalue weighted by Crippen LogP contribution is 2.18. The smallest absolute Gasteiger partial charge is 0.151 e. The Kier molecular flexibility index (Phi) is 3.96. The molecule has 0 bridgehead atoms. The number of carbonyl (C=O) groups is 1. The Morgan fingerprint density at radius 3 is 2.71 bits per heavy atom. The van der Waals surface area contributed by atoms with Gasteiger partial charge in [0, 0.05) is 6.42 Å². The molecule has 0 heterocycles. The molecule has 0 aliphatic carbocycles. The number of carbonyl (C=O) groups excluding carboxylic acids is 1. The Morgan fingerprint density at radius 1 is 1.50 bits per heavy atom. The van der Waals surface area contributed by atoms with E-state index in [0.717, 1.165) is 16.9 Å². The van der Waals surface area contributed by atoms with Crippen molar-refractivity contribution in [3.05, 3.63) is 29.3 Å². The summed E-state index contributed by atoms with van der Waals surface area (Å²) in [5, 5.41) is 0. The highest BCUT2D eigenvalue weighted by molar-refractivity contribution is 6.27. The third-order valence-electron chi connectivity index (χ3n) is 2.01. The molecule has 0 spiro atoms. The summed E-state index contributed by atoms with van der Waals surface area (Å²) in [6, 6.07) is 5.70. The van der Waals surface area contributed by atoms with Gasteiger partial charge in [0.1, 0.15) is 5.75 Å². The van der Waals surface area contributed by atoms with Gasteiger partial charge in [-0.05, 0) is 24.1 Å². The lowest BCUT2D eigenvalue weighted by Gasteiger charge is -2.06. The molecule has 0 amide bonds. The molecule has 3 heteroatoms. The van der Waals surface area contributed by atoms with Crippen LogP contribution in [0.4, 0.5) is 0 Å². The van der Waals surface area contributed by atoms with Crippen molar-refractivity contribution in [2.45, 2.75) is 13.3 Å². The number of halogens is 1. The molecule has 0 saturated carbocycles. The Labute approximate surface area is 88.8 Å². The standard InChI is InChI=1S/C11H13ClO2/c1-8-5-9(6-10(13)7-12)3-4-11(8)14-2/h3-5H,6-7H2,1-2H3. The van der Waals surface area contributed by atoms with Crippen molar-refractivity contribution in [1.82, 2.24) is 0 Å². The van der Waals surface area contributed by atoms with Crippen molar-refractivity contribution in [2.24, 2.45) is 0 Å². The number of Topliss-reactive ketones (excluding diaryl/α,β-unsaturated/α-hetero) is 1. The molecular weight excluding hydrogens is 200 g/mol. The summed E-state index contributed by atoms with van der Waals surface area (Å²) in [7, 11) is 1.63. The fourth-order valence-corrected chi connectivity index (χ4v) is 1.42. The second-order valence-electron chi connectivity index (χ2n) is 3.15. The first-order chi connectivity index (χ1) is 6.67. The predicted molar refractivity (Wildman–Crippen MR) is 57.2 cm³/mol. The molecule has 0 radical (unpaired) electrons. The van der Waals surface area contributed by atoms with Crippen LogP contribution in [0.15, 0.2) is 18.2 Å². The van der Waals surface area contributed by atoms with E-state index in [9.17, 15) is 4.79 Å². The number of ketones is 1. The Morgan fingerprint density at radius 2 is 2.21 bits per heavy atom. The highest BCUT2D eigenvalue weighted by Gasteiger charge is 2.04. The van der Waals surface area contributed by atoms with E-state index >= 15 is 0 Å². The van der Waals surface area contributed by atoms with E-state index < -0.39 is 0 Å². The van der Waals surface area contributed by atoms with Crippen molar-refractivity contribution in [2.75, 3.05) is 13.0 Å². The average Bonchev–Trinajstić information content (AvgIpc) is 2.18. The Balaban J connectivity index is 2.81. The van der Waals surface area contributed by atoms with Crippen LogP contribution in [0.25, 0.3) is 0 Å². The second kappa shape index (κ2) is 5.01. The largest absolute Gasteiger partial charge is 0.496 e. The van der Waals surface area contributed by atoms with E-state index in [4.69, 9.17) is 16.3 Å². The first-order valence-electron chi connectivity index (χ1n) is 4.38. The molecule has 1 aromatic carbocycles. The Hall–Kier alpha value is -1.02. The van der Waals surface area contributed by atoms with Crippen LogP contribution in [0.1, 0.15) is 11.1 Å². The zero-order chi connectivity index (χ0) is 10.6. The third-order valence-corrected chi connectivity index (χ3v) is 2.31. The molecule has 1 aromatic rings. The number of methoxy groups -OCH3 is 1. The molecule has 14 heavy (non-hydrogen) atoms. The van der Waals surface area contributed by atoms with E-state index in [2.05, 4.69) is 0 Å². The van der Waals surface area contributed by atoms with Crippen LogP contribution in [0.2, 0.25) is 0 Å². The first-order valence-corrected chi connectivity index (χ1v) is 4.92. The number of rotatable bonds is 4. The van der Waals surface area contributed by atoms with Gasteiger partial charge in [0.05, 0.1) is 13.0 Å². The van der Waals surface area contributed by atoms with E-state index in [0.29, 0.717) is 6.42 Å². The lowest BCUT2D eigenvalue weighted by molar-refractivity contribution is -0.116. The molecule has 0 aliphatic rings.